The highest BCUT2D eigenvalue weighted by Gasteiger charge is 2.41. The third-order valence-electron chi connectivity index (χ3n) is 2.84. The minimum atomic E-state index is -0.434. The van der Waals surface area contributed by atoms with Crippen molar-refractivity contribution in [3.8, 4) is 0 Å². The van der Waals surface area contributed by atoms with E-state index in [1.807, 2.05) is 0 Å². The summed E-state index contributed by atoms with van der Waals surface area (Å²) >= 11 is 0. The summed E-state index contributed by atoms with van der Waals surface area (Å²) in [6, 6.07) is -1.09. The molecule has 0 saturated carbocycles. The van der Waals surface area contributed by atoms with Crippen LogP contribution < -0.4 is 10.6 Å². The molecule has 0 aromatic rings. The molecule has 2 heterocycles. The maximum Gasteiger partial charge on any atom is 0.324 e. The Bertz CT molecular complexity index is 328. The minimum absolute atomic E-state index is 0.0399. The molecule has 2 aliphatic heterocycles. The standard InChI is InChI=1S/C9H13N3O4/c1-16-8(14)6-2-5(3-10-6)12-7(13)4-11-9(12)15/h5-6,10H,2-4H2,1H3,(H,11,15)/t5-,6+/m0/s1. The van der Waals surface area contributed by atoms with Crippen LogP contribution >= 0.6 is 0 Å². The number of ether oxygens (including phenoxy) is 1. The number of urea groups is 1. The molecule has 0 unspecified atom stereocenters. The number of nitrogens with zero attached hydrogens (tertiary/aromatic N) is 1. The van der Waals surface area contributed by atoms with Crippen LogP contribution in [-0.4, -0.2) is 55.1 Å². The number of nitrogens with one attached hydrogen (secondary N) is 2. The fourth-order valence-electron chi connectivity index (χ4n) is 2.04. The summed E-state index contributed by atoms with van der Waals surface area (Å²) in [5, 5.41) is 5.37. The Morgan fingerprint density at radius 2 is 2.25 bits per heavy atom. The van der Waals surface area contributed by atoms with Crippen LogP contribution in [0, 0.1) is 0 Å². The van der Waals surface area contributed by atoms with Crippen LogP contribution in [-0.2, 0) is 14.3 Å². The molecular formula is C9H13N3O4. The minimum Gasteiger partial charge on any atom is -0.468 e. The normalized spacial score (nSPS) is 29.4. The van der Waals surface area contributed by atoms with Crippen molar-refractivity contribution in [3.63, 3.8) is 0 Å². The van der Waals surface area contributed by atoms with E-state index < -0.39 is 6.04 Å². The number of amides is 3. The van der Waals surface area contributed by atoms with Gasteiger partial charge in [-0.15, -0.1) is 0 Å². The van der Waals surface area contributed by atoms with Gasteiger partial charge in [-0.3, -0.25) is 14.5 Å². The number of hydrogen-bond acceptors (Lipinski definition) is 5. The van der Waals surface area contributed by atoms with Crippen LogP contribution in [0.2, 0.25) is 0 Å². The summed E-state index contributed by atoms with van der Waals surface area (Å²) in [4.78, 5) is 35.2. The number of carbonyl (C=O) groups excluding carboxylic acids is 3. The highest BCUT2D eigenvalue weighted by molar-refractivity contribution is 6.02. The third kappa shape index (κ3) is 1.73. The van der Waals surface area contributed by atoms with Gasteiger partial charge in [0.1, 0.15) is 6.04 Å². The summed E-state index contributed by atoms with van der Waals surface area (Å²) in [7, 11) is 1.31. The summed E-state index contributed by atoms with van der Waals surface area (Å²) < 4.78 is 4.59. The molecule has 2 aliphatic rings. The molecule has 7 heteroatoms. The van der Waals surface area contributed by atoms with Crippen molar-refractivity contribution >= 4 is 17.9 Å². The van der Waals surface area contributed by atoms with Gasteiger partial charge in [-0.25, -0.2) is 4.79 Å². The van der Waals surface area contributed by atoms with E-state index in [4.69, 9.17) is 0 Å². The van der Waals surface area contributed by atoms with E-state index in [0.717, 1.165) is 0 Å². The van der Waals surface area contributed by atoms with E-state index in [-0.39, 0.29) is 30.5 Å². The van der Waals surface area contributed by atoms with Crippen molar-refractivity contribution in [1.82, 2.24) is 15.5 Å². The van der Waals surface area contributed by atoms with Crippen LogP contribution in [0.5, 0.6) is 0 Å². The Hall–Kier alpha value is -1.63. The van der Waals surface area contributed by atoms with Gasteiger partial charge in [-0.05, 0) is 6.42 Å². The SMILES string of the molecule is COC(=O)[C@H]1C[C@H](N2C(=O)CNC2=O)CN1. The Labute approximate surface area is 92.1 Å². The maximum atomic E-state index is 11.4. The van der Waals surface area contributed by atoms with Gasteiger partial charge in [-0.2, -0.15) is 0 Å². The van der Waals surface area contributed by atoms with E-state index in [0.29, 0.717) is 13.0 Å². The van der Waals surface area contributed by atoms with Gasteiger partial charge >= 0.3 is 12.0 Å². The second-order valence-electron chi connectivity index (χ2n) is 3.80. The lowest BCUT2D eigenvalue weighted by Crippen LogP contribution is -2.41. The molecule has 3 amide bonds. The number of hydrogen-bond donors (Lipinski definition) is 2. The number of carbonyl (C=O) groups is 3. The van der Waals surface area contributed by atoms with E-state index in [1.165, 1.54) is 12.0 Å². The Kier molecular flexibility index (Phi) is 2.78. The Morgan fingerprint density at radius 1 is 1.50 bits per heavy atom. The summed E-state index contributed by atoms with van der Waals surface area (Å²) in [6.45, 7) is 0.469. The number of rotatable bonds is 2. The predicted octanol–water partition coefficient (Wildman–Crippen LogP) is -1.56. The quantitative estimate of drug-likeness (QED) is 0.440. The van der Waals surface area contributed by atoms with E-state index in [9.17, 15) is 14.4 Å². The third-order valence-corrected chi connectivity index (χ3v) is 2.84. The Balaban J connectivity index is 2.00. The molecule has 2 atom stereocenters. The van der Waals surface area contributed by atoms with Crippen molar-refractivity contribution in [2.24, 2.45) is 0 Å². The van der Waals surface area contributed by atoms with Gasteiger partial charge in [0.15, 0.2) is 0 Å². The number of esters is 1. The molecule has 2 rings (SSSR count). The smallest absolute Gasteiger partial charge is 0.324 e. The van der Waals surface area contributed by atoms with E-state index in [1.54, 1.807) is 0 Å². The molecule has 0 bridgehead atoms. The molecule has 0 aliphatic carbocycles. The van der Waals surface area contributed by atoms with Crippen molar-refractivity contribution < 1.29 is 19.1 Å². The van der Waals surface area contributed by atoms with Crippen molar-refractivity contribution in [2.45, 2.75) is 18.5 Å². The first-order valence-corrected chi connectivity index (χ1v) is 5.04. The summed E-state index contributed by atoms with van der Waals surface area (Å²) in [5.74, 6) is -0.614. The zero-order chi connectivity index (χ0) is 11.7. The molecule has 0 aromatic carbocycles. The number of methoxy groups -OCH3 is 1. The lowest BCUT2D eigenvalue weighted by Gasteiger charge is -2.19. The molecular weight excluding hydrogens is 214 g/mol. The van der Waals surface area contributed by atoms with Gasteiger partial charge in [0, 0.05) is 6.54 Å². The van der Waals surface area contributed by atoms with Crippen LogP contribution in [0.4, 0.5) is 4.79 Å². The van der Waals surface area contributed by atoms with Crippen molar-refractivity contribution in [2.75, 3.05) is 20.2 Å². The van der Waals surface area contributed by atoms with E-state index >= 15 is 0 Å². The van der Waals surface area contributed by atoms with Gasteiger partial charge in [0.25, 0.3) is 0 Å². The average molecular weight is 227 g/mol. The van der Waals surface area contributed by atoms with Crippen LogP contribution in [0.15, 0.2) is 0 Å². The monoisotopic (exact) mass is 227 g/mol. The fraction of sp³-hybridized carbons (Fsp3) is 0.667. The first-order valence-electron chi connectivity index (χ1n) is 5.04. The molecule has 7 nitrogen and oxygen atoms in total. The largest absolute Gasteiger partial charge is 0.468 e. The molecule has 2 fully saturated rings. The maximum absolute atomic E-state index is 11.4. The topological polar surface area (TPSA) is 87.7 Å². The highest BCUT2D eigenvalue weighted by atomic mass is 16.5. The molecule has 0 radical (unpaired) electrons. The van der Waals surface area contributed by atoms with Gasteiger partial charge in [-0.1, -0.05) is 0 Å². The van der Waals surface area contributed by atoms with Gasteiger partial charge < -0.3 is 15.4 Å². The molecule has 0 aromatic heterocycles. The summed E-state index contributed by atoms with van der Waals surface area (Å²) in [6.07, 6.45) is 0.409. The molecule has 0 spiro atoms. The first-order chi connectivity index (χ1) is 7.63. The van der Waals surface area contributed by atoms with Crippen molar-refractivity contribution in [3.05, 3.63) is 0 Å². The fourth-order valence-corrected chi connectivity index (χ4v) is 2.04. The predicted molar refractivity (Wildman–Crippen MR) is 52.5 cm³/mol. The van der Waals surface area contributed by atoms with Crippen molar-refractivity contribution in [1.29, 1.82) is 0 Å². The second kappa shape index (κ2) is 4.09. The summed E-state index contributed by atoms with van der Waals surface area (Å²) in [5.41, 5.74) is 0. The first kappa shape index (κ1) is 10.9. The lowest BCUT2D eigenvalue weighted by atomic mass is 10.1. The van der Waals surface area contributed by atoms with Crippen LogP contribution in [0.3, 0.4) is 0 Å². The van der Waals surface area contributed by atoms with Crippen LogP contribution in [0.25, 0.3) is 0 Å². The molecule has 2 N–H and O–H groups in total. The second-order valence-corrected chi connectivity index (χ2v) is 3.80. The molecule has 88 valence electrons. The zero-order valence-electron chi connectivity index (χ0n) is 8.86. The molecule has 2 saturated heterocycles. The average Bonchev–Trinajstić information content (AvgIpc) is 2.85. The number of imide groups is 1. The van der Waals surface area contributed by atoms with E-state index in [2.05, 4.69) is 15.4 Å². The zero-order valence-corrected chi connectivity index (χ0v) is 8.86. The van der Waals surface area contributed by atoms with Gasteiger partial charge in [0.05, 0.1) is 19.7 Å². The highest BCUT2D eigenvalue weighted by Crippen LogP contribution is 2.17. The van der Waals surface area contributed by atoms with Crippen LogP contribution in [0.1, 0.15) is 6.42 Å². The lowest BCUT2D eigenvalue weighted by molar-refractivity contribution is -0.143. The Morgan fingerprint density at radius 3 is 2.81 bits per heavy atom. The molecule has 16 heavy (non-hydrogen) atoms. The van der Waals surface area contributed by atoms with Gasteiger partial charge in [0.2, 0.25) is 5.91 Å².